The zero-order valence-corrected chi connectivity index (χ0v) is 13.2. The first kappa shape index (κ1) is 16.2. The Morgan fingerprint density at radius 1 is 1.29 bits per heavy atom. The standard InChI is InChI=1S/C15H21O5P/c1-3-19-21(17,20-4-2)15(12-8-6-5-7-9-12)14-10-13(16)11-18-14/h5-10,13,15-16H,3-4,11H2,1-2H3/t13-,15?/m0/s1. The molecule has 5 nitrogen and oxygen atoms in total. The molecule has 1 aromatic rings. The van der Waals surface area contributed by atoms with Gasteiger partial charge in [-0.25, -0.2) is 0 Å². The number of allylic oxidation sites excluding steroid dienone is 1. The molecule has 2 rings (SSSR count). The molecule has 0 bridgehead atoms. The minimum atomic E-state index is -3.43. The summed E-state index contributed by atoms with van der Waals surface area (Å²) in [6.07, 6.45) is 0.880. The van der Waals surface area contributed by atoms with Gasteiger partial charge >= 0.3 is 7.60 Å². The lowest BCUT2D eigenvalue weighted by atomic mass is 10.1. The second-order valence-electron chi connectivity index (χ2n) is 4.64. The number of benzene rings is 1. The van der Waals surface area contributed by atoms with Crippen molar-refractivity contribution in [1.29, 1.82) is 0 Å². The fraction of sp³-hybridized carbons (Fsp3) is 0.467. The van der Waals surface area contributed by atoms with Gasteiger partial charge in [-0.2, -0.15) is 0 Å². The average Bonchev–Trinajstić information content (AvgIpc) is 2.87. The molecular formula is C15H21O5P. The van der Waals surface area contributed by atoms with Crippen molar-refractivity contribution < 1.29 is 23.5 Å². The number of aliphatic hydroxyl groups excluding tert-OH is 1. The molecule has 0 aromatic heterocycles. The van der Waals surface area contributed by atoms with Crippen molar-refractivity contribution in [3.63, 3.8) is 0 Å². The van der Waals surface area contributed by atoms with E-state index < -0.39 is 19.4 Å². The van der Waals surface area contributed by atoms with Crippen LogP contribution in [0.1, 0.15) is 25.1 Å². The van der Waals surface area contributed by atoms with Crippen LogP contribution in [0.25, 0.3) is 0 Å². The van der Waals surface area contributed by atoms with Gasteiger partial charge in [-0.3, -0.25) is 4.57 Å². The van der Waals surface area contributed by atoms with Crippen LogP contribution in [0.3, 0.4) is 0 Å². The maximum absolute atomic E-state index is 13.2. The lowest BCUT2D eigenvalue weighted by Crippen LogP contribution is -2.10. The van der Waals surface area contributed by atoms with Gasteiger partial charge in [-0.05, 0) is 25.5 Å². The Morgan fingerprint density at radius 3 is 2.38 bits per heavy atom. The van der Waals surface area contributed by atoms with Crippen LogP contribution in [0.5, 0.6) is 0 Å². The molecule has 0 radical (unpaired) electrons. The van der Waals surface area contributed by atoms with E-state index >= 15 is 0 Å². The lowest BCUT2D eigenvalue weighted by molar-refractivity contribution is 0.129. The van der Waals surface area contributed by atoms with Gasteiger partial charge in [0.1, 0.15) is 24.1 Å². The molecule has 1 aliphatic rings. The van der Waals surface area contributed by atoms with Crippen LogP contribution in [0, 0.1) is 0 Å². The van der Waals surface area contributed by atoms with Crippen molar-refractivity contribution in [3.05, 3.63) is 47.7 Å². The van der Waals surface area contributed by atoms with Crippen molar-refractivity contribution in [1.82, 2.24) is 0 Å². The predicted octanol–water partition coefficient (Wildman–Crippen LogP) is 3.27. The third-order valence-electron chi connectivity index (χ3n) is 3.10. The third-order valence-corrected chi connectivity index (χ3v) is 5.52. The van der Waals surface area contributed by atoms with Gasteiger partial charge in [-0.15, -0.1) is 0 Å². The Labute approximate surface area is 125 Å². The fourth-order valence-corrected chi connectivity index (χ4v) is 4.42. The highest BCUT2D eigenvalue weighted by molar-refractivity contribution is 7.54. The Bertz CT molecular complexity index is 518. The monoisotopic (exact) mass is 312 g/mol. The van der Waals surface area contributed by atoms with Crippen LogP contribution in [-0.4, -0.2) is 31.0 Å². The van der Waals surface area contributed by atoms with Crippen LogP contribution in [0.15, 0.2) is 42.2 Å². The maximum Gasteiger partial charge on any atom is 0.345 e. The summed E-state index contributed by atoms with van der Waals surface area (Å²) in [6, 6.07) is 9.30. The molecule has 0 fully saturated rings. The number of rotatable bonds is 7. The molecule has 0 spiro atoms. The summed E-state index contributed by atoms with van der Waals surface area (Å²) in [4.78, 5) is 0. The van der Waals surface area contributed by atoms with E-state index in [2.05, 4.69) is 0 Å². The Hall–Kier alpha value is -1.13. The molecule has 21 heavy (non-hydrogen) atoms. The summed E-state index contributed by atoms with van der Waals surface area (Å²) in [5.74, 6) is 0.443. The molecule has 0 saturated carbocycles. The Kier molecular flexibility index (Phi) is 5.59. The largest absolute Gasteiger partial charge is 0.494 e. The fourth-order valence-electron chi connectivity index (χ4n) is 2.32. The second-order valence-corrected chi connectivity index (χ2v) is 6.75. The summed E-state index contributed by atoms with van der Waals surface area (Å²) in [6.45, 7) is 4.25. The highest BCUT2D eigenvalue weighted by Crippen LogP contribution is 2.64. The van der Waals surface area contributed by atoms with Crippen molar-refractivity contribution in [2.24, 2.45) is 0 Å². The summed E-state index contributed by atoms with van der Waals surface area (Å²) in [5, 5.41) is 9.65. The molecule has 116 valence electrons. The average molecular weight is 312 g/mol. The quantitative estimate of drug-likeness (QED) is 0.783. The van der Waals surface area contributed by atoms with Crippen molar-refractivity contribution >= 4 is 7.60 Å². The smallest absolute Gasteiger partial charge is 0.345 e. The van der Waals surface area contributed by atoms with Gasteiger partial charge in [0.2, 0.25) is 0 Å². The van der Waals surface area contributed by atoms with E-state index in [0.717, 1.165) is 5.56 Å². The molecule has 0 aliphatic carbocycles. The first-order chi connectivity index (χ1) is 10.1. The van der Waals surface area contributed by atoms with E-state index in [-0.39, 0.29) is 19.8 Å². The van der Waals surface area contributed by atoms with Crippen molar-refractivity contribution in [2.45, 2.75) is 25.6 Å². The summed E-state index contributed by atoms with van der Waals surface area (Å²) in [7, 11) is -3.43. The van der Waals surface area contributed by atoms with E-state index in [1.54, 1.807) is 19.9 Å². The first-order valence-corrected chi connectivity index (χ1v) is 8.68. The SMILES string of the molecule is CCOP(=O)(OCC)C(C1=C[C@H](O)CO1)c1ccccc1. The third kappa shape index (κ3) is 3.74. The molecule has 1 unspecified atom stereocenters. The molecule has 6 heteroatoms. The molecule has 1 N–H and O–H groups in total. The van der Waals surface area contributed by atoms with E-state index in [1.165, 1.54) is 0 Å². The molecule has 0 amide bonds. The number of aliphatic hydroxyl groups is 1. The summed E-state index contributed by atoms with van der Waals surface area (Å²) < 4.78 is 29.6. The van der Waals surface area contributed by atoms with Crippen LogP contribution in [-0.2, 0) is 18.3 Å². The zero-order valence-electron chi connectivity index (χ0n) is 12.3. The van der Waals surface area contributed by atoms with Crippen LogP contribution >= 0.6 is 7.60 Å². The molecule has 0 saturated heterocycles. The second kappa shape index (κ2) is 7.23. The normalized spacial score (nSPS) is 20.0. The van der Waals surface area contributed by atoms with Crippen molar-refractivity contribution in [3.8, 4) is 0 Å². The highest BCUT2D eigenvalue weighted by Gasteiger charge is 2.42. The van der Waals surface area contributed by atoms with Gasteiger partial charge in [0.15, 0.2) is 0 Å². The van der Waals surface area contributed by atoms with Crippen molar-refractivity contribution in [2.75, 3.05) is 19.8 Å². The molecule has 1 heterocycles. The highest BCUT2D eigenvalue weighted by atomic mass is 31.2. The lowest BCUT2D eigenvalue weighted by Gasteiger charge is -2.27. The van der Waals surface area contributed by atoms with Gasteiger partial charge in [-0.1, -0.05) is 30.3 Å². The van der Waals surface area contributed by atoms with Gasteiger partial charge in [0.05, 0.1) is 13.2 Å². The van der Waals surface area contributed by atoms with Gasteiger partial charge < -0.3 is 18.9 Å². The zero-order chi connectivity index (χ0) is 15.3. The Morgan fingerprint density at radius 2 is 1.90 bits per heavy atom. The van der Waals surface area contributed by atoms with E-state index in [0.29, 0.717) is 5.76 Å². The minimum absolute atomic E-state index is 0.164. The summed E-state index contributed by atoms with van der Waals surface area (Å²) in [5.41, 5.74) is 0.124. The molecular weight excluding hydrogens is 291 g/mol. The molecule has 1 aliphatic heterocycles. The summed E-state index contributed by atoms with van der Waals surface area (Å²) >= 11 is 0. The molecule has 1 aromatic carbocycles. The van der Waals surface area contributed by atoms with E-state index in [4.69, 9.17) is 13.8 Å². The van der Waals surface area contributed by atoms with Crippen LogP contribution in [0.2, 0.25) is 0 Å². The number of hydrogen-bond donors (Lipinski definition) is 1. The van der Waals surface area contributed by atoms with E-state index in [1.807, 2.05) is 30.3 Å². The van der Waals surface area contributed by atoms with Crippen LogP contribution < -0.4 is 0 Å². The maximum atomic E-state index is 13.2. The Balaban J connectivity index is 2.44. The van der Waals surface area contributed by atoms with Gasteiger partial charge in [0, 0.05) is 0 Å². The molecule has 2 atom stereocenters. The minimum Gasteiger partial charge on any atom is -0.494 e. The van der Waals surface area contributed by atoms with Gasteiger partial charge in [0.25, 0.3) is 0 Å². The first-order valence-electron chi connectivity index (χ1n) is 7.07. The topological polar surface area (TPSA) is 65.0 Å². The van der Waals surface area contributed by atoms with E-state index in [9.17, 15) is 9.67 Å². The number of ether oxygens (including phenoxy) is 1. The van der Waals surface area contributed by atoms with Crippen LogP contribution in [0.4, 0.5) is 0 Å². The number of hydrogen-bond acceptors (Lipinski definition) is 5. The predicted molar refractivity (Wildman–Crippen MR) is 80.1 cm³/mol.